The molecule has 0 unspecified atom stereocenters. The number of hydrogen-bond donors (Lipinski definition) is 2. The van der Waals surface area contributed by atoms with Crippen molar-refractivity contribution < 1.29 is 14.9 Å². The molecule has 0 radical (unpaired) electrons. The second-order valence-electron chi connectivity index (χ2n) is 4.67. The van der Waals surface area contributed by atoms with Crippen LogP contribution in [0.3, 0.4) is 0 Å². The van der Waals surface area contributed by atoms with Gasteiger partial charge in [-0.2, -0.15) is 0 Å². The predicted octanol–water partition coefficient (Wildman–Crippen LogP) is 3.94. The maximum absolute atomic E-state index is 10.1. The highest BCUT2D eigenvalue weighted by Gasteiger charge is 2.39. The quantitative estimate of drug-likeness (QED) is 0.340. The molecular formula is C15H19Br3O3. The molecule has 0 spiro atoms. The lowest BCUT2D eigenvalue weighted by Gasteiger charge is -2.23. The van der Waals surface area contributed by atoms with Gasteiger partial charge in [0.15, 0.2) is 0 Å². The van der Waals surface area contributed by atoms with Gasteiger partial charge >= 0.3 is 0 Å². The smallest absolute Gasteiger partial charge is 0.0996 e. The summed E-state index contributed by atoms with van der Waals surface area (Å²) in [4.78, 5) is 1.24. The van der Waals surface area contributed by atoms with Crippen molar-refractivity contribution in [2.45, 2.75) is 49.0 Å². The number of aliphatic hydroxyl groups excluding tert-OH is 2. The predicted molar refractivity (Wildman–Crippen MR) is 96.0 cm³/mol. The molecular weight excluding hydrogens is 468 g/mol. The molecule has 1 aliphatic rings. The van der Waals surface area contributed by atoms with Crippen LogP contribution in [0.25, 0.3) is 0 Å². The summed E-state index contributed by atoms with van der Waals surface area (Å²) in [6, 6.07) is 0. The summed E-state index contributed by atoms with van der Waals surface area (Å²) in [7, 11) is 0. The fourth-order valence-corrected chi connectivity index (χ4v) is 2.91. The van der Waals surface area contributed by atoms with Gasteiger partial charge < -0.3 is 14.9 Å². The van der Waals surface area contributed by atoms with E-state index in [-0.39, 0.29) is 10.9 Å². The van der Waals surface area contributed by atoms with Gasteiger partial charge in [0.05, 0.1) is 29.2 Å². The lowest BCUT2D eigenvalue weighted by molar-refractivity contribution is 0.00627. The maximum Gasteiger partial charge on any atom is 0.0996 e. The molecule has 0 amide bonds. The van der Waals surface area contributed by atoms with Crippen LogP contribution in [0.2, 0.25) is 0 Å². The lowest BCUT2D eigenvalue weighted by atomic mass is 10.0. The van der Waals surface area contributed by atoms with Gasteiger partial charge in [-0.25, -0.2) is 0 Å². The van der Waals surface area contributed by atoms with Crippen molar-refractivity contribution in [3.63, 3.8) is 0 Å². The number of allylic oxidation sites excluding steroid dienone is 3. The topological polar surface area (TPSA) is 49.7 Å². The molecule has 0 bridgehead atoms. The van der Waals surface area contributed by atoms with E-state index in [1.54, 1.807) is 23.2 Å². The normalized spacial score (nSPS) is 29.2. The van der Waals surface area contributed by atoms with Crippen LogP contribution in [0.15, 0.2) is 39.5 Å². The molecule has 21 heavy (non-hydrogen) atoms. The first-order valence-corrected chi connectivity index (χ1v) is 9.31. The second-order valence-corrected chi connectivity index (χ2v) is 7.21. The Hall–Kier alpha value is 0.320. The molecule has 5 atom stereocenters. The Morgan fingerprint density at radius 2 is 2.24 bits per heavy atom. The van der Waals surface area contributed by atoms with Crippen LogP contribution in [0.5, 0.6) is 0 Å². The SMILES string of the molecule is CC/C(Br)=C/C=C/[C@H](O)[C@H](Br)[C@@H]1O[C@@H](C=C=CBr)C[C@@H]1O. The first-order chi connectivity index (χ1) is 9.99. The minimum Gasteiger partial charge on any atom is -0.390 e. The summed E-state index contributed by atoms with van der Waals surface area (Å²) in [6.45, 7) is 2.04. The molecule has 0 saturated carbocycles. The van der Waals surface area contributed by atoms with E-state index < -0.39 is 18.3 Å². The number of hydrogen-bond acceptors (Lipinski definition) is 3. The monoisotopic (exact) mass is 484 g/mol. The Morgan fingerprint density at radius 3 is 2.86 bits per heavy atom. The average molecular weight is 487 g/mol. The van der Waals surface area contributed by atoms with Gasteiger partial charge in [-0.3, -0.25) is 0 Å². The van der Waals surface area contributed by atoms with Crippen molar-refractivity contribution in [2.75, 3.05) is 0 Å². The van der Waals surface area contributed by atoms with Crippen LogP contribution in [0.4, 0.5) is 0 Å². The van der Waals surface area contributed by atoms with E-state index in [9.17, 15) is 10.2 Å². The number of ether oxygens (including phenoxy) is 1. The first kappa shape index (κ1) is 19.4. The van der Waals surface area contributed by atoms with Crippen LogP contribution in [0.1, 0.15) is 19.8 Å². The van der Waals surface area contributed by atoms with Crippen LogP contribution in [-0.2, 0) is 4.74 Å². The highest BCUT2D eigenvalue weighted by Crippen LogP contribution is 2.29. The molecule has 6 heteroatoms. The van der Waals surface area contributed by atoms with Gasteiger partial charge in [-0.05, 0) is 17.0 Å². The zero-order chi connectivity index (χ0) is 15.8. The highest BCUT2D eigenvalue weighted by atomic mass is 79.9. The Morgan fingerprint density at radius 1 is 1.52 bits per heavy atom. The molecule has 0 aromatic rings. The van der Waals surface area contributed by atoms with Gasteiger partial charge in [0.1, 0.15) is 0 Å². The number of aliphatic hydroxyl groups is 2. The molecule has 0 aromatic carbocycles. The van der Waals surface area contributed by atoms with Crippen molar-refractivity contribution in [1.82, 2.24) is 0 Å². The summed E-state index contributed by atoms with van der Waals surface area (Å²) in [5, 5.41) is 20.2. The standard InChI is InChI=1S/C15H19Br3O3/c1-2-10(17)5-3-7-12(19)14(18)15-13(20)9-11(21-15)6-4-8-16/h3,5-8,11-15,19-20H,2,9H2,1H3/b7-3+,10-5-/t4?,11-,12-,13-,14-,15+/m0/s1. The first-order valence-electron chi connectivity index (χ1n) is 6.69. The van der Waals surface area contributed by atoms with Gasteiger partial charge in [-0.1, -0.05) is 72.9 Å². The third-order valence-corrected chi connectivity index (χ3v) is 5.25. The summed E-state index contributed by atoms with van der Waals surface area (Å²) >= 11 is 9.96. The summed E-state index contributed by atoms with van der Waals surface area (Å²) in [5.74, 6) is 0. The van der Waals surface area contributed by atoms with Crippen LogP contribution in [-0.4, -0.2) is 39.5 Å². The maximum atomic E-state index is 10.1. The fourth-order valence-electron chi connectivity index (χ4n) is 1.95. The summed E-state index contributed by atoms with van der Waals surface area (Å²) in [6.07, 6.45) is 6.50. The van der Waals surface area contributed by atoms with Crippen molar-refractivity contribution in [1.29, 1.82) is 0 Å². The van der Waals surface area contributed by atoms with Crippen molar-refractivity contribution >= 4 is 47.8 Å². The third kappa shape index (κ3) is 6.53. The molecule has 2 N–H and O–H groups in total. The molecule has 118 valence electrons. The summed E-state index contributed by atoms with van der Waals surface area (Å²) in [5.41, 5.74) is 2.88. The van der Waals surface area contributed by atoms with Crippen LogP contribution in [0, 0.1) is 0 Å². The van der Waals surface area contributed by atoms with E-state index in [0.29, 0.717) is 6.42 Å². The van der Waals surface area contributed by atoms with Gasteiger partial charge in [-0.15, -0.1) is 5.73 Å². The third-order valence-electron chi connectivity index (χ3n) is 3.09. The van der Waals surface area contributed by atoms with E-state index in [4.69, 9.17) is 4.74 Å². The van der Waals surface area contributed by atoms with E-state index in [1.807, 2.05) is 13.0 Å². The summed E-state index contributed by atoms with van der Waals surface area (Å²) < 4.78 is 6.79. The van der Waals surface area contributed by atoms with Crippen LogP contribution < -0.4 is 0 Å². The highest BCUT2D eigenvalue weighted by molar-refractivity contribution is 9.11. The molecule has 1 fully saturated rings. The van der Waals surface area contributed by atoms with Gasteiger partial charge in [0.25, 0.3) is 0 Å². The van der Waals surface area contributed by atoms with Crippen molar-refractivity contribution in [3.05, 3.63) is 39.5 Å². The minimum atomic E-state index is -0.743. The molecule has 1 aliphatic heterocycles. The van der Waals surface area contributed by atoms with Gasteiger partial charge in [0, 0.05) is 11.4 Å². The van der Waals surface area contributed by atoms with Gasteiger partial charge in [0.2, 0.25) is 0 Å². The molecule has 3 nitrogen and oxygen atoms in total. The average Bonchev–Trinajstić information content (AvgIpc) is 2.84. The lowest BCUT2D eigenvalue weighted by Crippen LogP contribution is -2.37. The Balaban J connectivity index is 2.62. The second kappa shape index (κ2) is 10.2. The number of alkyl halides is 1. The van der Waals surface area contributed by atoms with Crippen LogP contribution >= 0.6 is 47.8 Å². The number of halogens is 3. The Kier molecular flexibility index (Phi) is 9.37. The van der Waals surface area contributed by atoms with E-state index in [2.05, 4.69) is 53.5 Å². The zero-order valence-electron chi connectivity index (χ0n) is 11.6. The number of rotatable bonds is 6. The largest absolute Gasteiger partial charge is 0.390 e. The Bertz CT molecular complexity index is 441. The molecule has 1 rings (SSSR count). The van der Waals surface area contributed by atoms with Crippen molar-refractivity contribution in [3.8, 4) is 0 Å². The molecule has 1 saturated heterocycles. The zero-order valence-corrected chi connectivity index (χ0v) is 16.4. The minimum absolute atomic E-state index is 0.191. The molecule has 0 aromatic heterocycles. The molecule has 1 heterocycles. The van der Waals surface area contributed by atoms with Crippen molar-refractivity contribution in [2.24, 2.45) is 0 Å². The van der Waals surface area contributed by atoms with E-state index >= 15 is 0 Å². The Labute approximate surface area is 150 Å². The van der Waals surface area contributed by atoms with E-state index in [0.717, 1.165) is 10.9 Å². The fraction of sp³-hybridized carbons (Fsp3) is 0.533. The van der Waals surface area contributed by atoms with E-state index in [1.165, 1.54) is 0 Å². The molecule has 0 aliphatic carbocycles.